The van der Waals surface area contributed by atoms with Crippen molar-refractivity contribution < 1.29 is 19.1 Å². The molecular formula is C23H20N2O4. The second-order valence-corrected chi connectivity index (χ2v) is 7.18. The summed E-state index contributed by atoms with van der Waals surface area (Å²) < 4.78 is 5.22. The van der Waals surface area contributed by atoms with E-state index in [1.54, 1.807) is 30.6 Å². The fourth-order valence-corrected chi connectivity index (χ4v) is 3.52. The lowest BCUT2D eigenvalue weighted by Gasteiger charge is -2.26. The van der Waals surface area contributed by atoms with Gasteiger partial charge in [-0.2, -0.15) is 0 Å². The maximum atomic E-state index is 13.1. The number of hydrogen-bond acceptors (Lipinski definition) is 5. The van der Waals surface area contributed by atoms with Crippen LogP contribution < -0.4 is 4.90 Å². The number of aliphatic hydroxyl groups is 1. The standard InChI is InChI=1S/C23H20N2O4/c1-14(2)15-7-9-17(10-8-15)25-20(16-5-3-11-24-13-16)19(22(27)23(25)28)21(26)18-6-4-12-29-18/h3-14,20,27H,1-2H3. The van der Waals surface area contributed by atoms with E-state index in [2.05, 4.69) is 18.8 Å². The molecule has 3 aromatic rings. The minimum atomic E-state index is -0.807. The summed E-state index contributed by atoms with van der Waals surface area (Å²) in [6.45, 7) is 4.17. The number of carbonyl (C=O) groups is 2. The summed E-state index contributed by atoms with van der Waals surface area (Å²) in [6.07, 6.45) is 4.57. The first-order chi connectivity index (χ1) is 14.0. The Kier molecular flexibility index (Phi) is 4.76. The summed E-state index contributed by atoms with van der Waals surface area (Å²) in [5, 5.41) is 10.6. The van der Waals surface area contributed by atoms with Crippen LogP contribution in [0.25, 0.3) is 0 Å². The molecule has 1 aliphatic heterocycles. The Hall–Kier alpha value is -3.67. The first-order valence-corrected chi connectivity index (χ1v) is 9.33. The Labute approximate surface area is 168 Å². The number of anilines is 1. The highest BCUT2D eigenvalue weighted by Gasteiger charge is 2.45. The van der Waals surface area contributed by atoms with E-state index in [0.717, 1.165) is 5.56 Å². The van der Waals surface area contributed by atoms with Crippen LogP contribution in [0.5, 0.6) is 0 Å². The van der Waals surface area contributed by atoms with E-state index in [9.17, 15) is 14.7 Å². The smallest absolute Gasteiger partial charge is 0.294 e. The summed E-state index contributed by atoms with van der Waals surface area (Å²) in [5.74, 6) is -1.34. The Balaban J connectivity index is 1.83. The monoisotopic (exact) mass is 388 g/mol. The van der Waals surface area contributed by atoms with E-state index >= 15 is 0 Å². The van der Waals surface area contributed by atoms with Gasteiger partial charge in [-0.3, -0.25) is 19.5 Å². The topological polar surface area (TPSA) is 83.6 Å². The number of Topliss-reactive ketones (excluding diaryl/α,β-unsaturated/α-hetero) is 1. The van der Waals surface area contributed by atoms with Gasteiger partial charge in [-0.25, -0.2) is 0 Å². The summed E-state index contributed by atoms with van der Waals surface area (Å²) in [6, 6.07) is 13.3. The SMILES string of the molecule is CC(C)c1ccc(N2C(=O)C(O)=C(C(=O)c3ccco3)C2c2cccnc2)cc1. The molecule has 0 spiro atoms. The molecule has 6 nitrogen and oxygen atoms in total. The first-order valence-electron chi connectivity index (χ1n) is 9.33. The molecule has 1 aliphatic rings. The number of hydrogen-bond donors (Lipinski definition) is 1. The molecule has 0 radical (unpaired) electrons. The molecule has 3 heterocycles. The van der Waals surface area contributed by atoms with Gasteiger partial charge in [0, 0.05) is 18.1 Å². The van der Waals surface area contributed by atoms with E-state index in [4.69, 9.17) is 4.42 Å². The largest absolute Gasteiger partial charge is 0.503 e. The molecule has 1 aromatic carbocycles. The number of ketones is 1. The predicted octanol–water partition coefficient (Wildman–Crippen LogP) is 4.58. The highest BCUT2D eigenvalue weighted by Crippen LogP contribution is 2.41. The van der Waals surface area contributed by atoms with Crippen molar-refractivity contribution in [1.29, 1.82) is 0 Å². The van der Waals surface area contributed by atoms with Gasteiger partial charge < -0.3 is 9.52 Å². The summed E-state index contributed by atoms with van der Waals surface area (Å²) >= 11 is 0. The minimum absolute atomic E-state index is 0.0223. The van der Waals surface area contributed by atoms with E-state index in [1.807, 2.05) is 24.3 Å². The van der Waals surface area contributed by atoms with Gasteiger partial charge in [0.05, 0.1) is 17.9 Å². The molecule has 146 valence electrons. The Bertz CT molecular complexity index is 1070. The average molecular weight is 388 g/mol. The van der Waals surface area contributed by atoms with Crippen molar-refractivity contribution in [2.24, 2.45) is 0 Å². The van der Waals surface area contributed by atoms with Crippen LogP contribution in [0.15, 0.2) is 82.9 Å². The van der Waals surface area contributed by atoms with Crippen molar-refractivity contribution in [2.75, 3.05) is 4.90 Å². The number of aliphatic hydroxyl groups excluding tert-OH is 1. The van der Waals surface area contributed by atoms with Crippen molar-refractivity contribution in [2.45, 2.75) is 25.8 Å². The van der Waals surface area contributed by atoms with Crippen LogP contribution in [0.1, 0.15) is 47.5 Å². The van der Waals surface area contributed by atoms with Crippen molar-refractivity contribution >= 4 is 17.4 Å². The molecular weight excluding hydrogens is 368 g/mol. The van der Waals surface area contributed by atoms with Crippen LogP contribution in [-0.4, -0.2) is 21.8 Å². The first kappa shape index (κ1) is 18.7. The number of amides is 1. The van der Waals surface area contributed by atoms with Crippen LogP contribution in [0.4, 0.5) is 5.69 Å². The molecule has 6 heteroatoms. The summed E-state index contributed by atoms with van der Waals surface area (Å²) in [5.41, 5.74) is 2.31. The zero-order valence-electron chi connectivity index (χ0n) is 16.1. The molecule has 0 bridgehead atoms. The highest BCUT2D eigenvalue weighted by atomic mass is 16.3. The third-order valence-corrected chi connectivity index (χ3v) is 5.04. The molecule has 1 unspecified atom stereocenters. The quantitative estimate of drug-likeness (QED) is 0.647. The molecule has 1 atom stereocenters. The van der Waals surface area contributed by atoms with Crippen LogP contribution in [0.2, 0.25) is 0 Å². The highest BCUT2D eigenvalue weighted by molar-refractivity contribution is 6.20. The lowest BCUT2D eigenvalue weighted by Crippen LogP contribution is -2.31. The van der Waals surface area contributed by atoms with Crippen LogP contribution in [0, 0.1) is 0 Å². The van der Waals surface area contributed by atoms with Crippen LogP contribution in [0.3, 0.4) is 0 Å². The lowest BCUT2D eigenvalue weighted by molar-refractivity contribution is -0.117. The number of nitrogens with zero attached hydrogens (tertiary/aromatic N) is 2. The zero-order valence-corrected chi connectivity index (χ0v) is 16.1. The molecule has 0 saturated carbocycles. The molecule has 4 rings (SSSR count). The second-order valence-electron chi connectivity index (χ2n) is 7.18. The van der Waals surface area contributed by atoms with Crippen molar-refractivity contribution in [3.63, 3.8) is 0 Å². The van der Waals surface area contributed by atoms with Crippen LogP contribution >= 0.6 is 0 Å². The van der Waals surface area contributed by atoms with Gasteiger partial charge >= 0.3 is 0 Å². The number of aromatic nitrogens is 1. The number of carbonyl (C=O) groups excluding carboxylic acids is 2. The third-order valence-electron chi connectivity index (χ3n) is 5.04. The molecule has 0 saturated heterocycles. The number of furan rings is 1. The van der Waals surface area contributed by atoms with Gasteiger partial charge in [0.15, 0.2) is 11.5 Å². The summed E-state index contributed by atoms with van der Waals surface area (Å²) in [4.78, 5) is 31.6. The summed E-state index contributed by atoms with van der Waals surface area (Å²) in [7, 11) is 0. The van der Waals surface area contributed by atoms with Crippen molar-refractivity contribution in [1.82, 2.24) is 4.98 Å². The van der Waals surface area contributed by atoms with Gasteiger partial charge in [0.1, 0.15) is 0 Å². The number of rotatable bonds is 5. The lowest BCUT2D eigenvalue weighted by atomic mass is 9.95. The van der Waals surface area contributed by atoms with Crippen molar-refractivity contribution in [3.8, 4) is 0 Å². The van der Waals surface area contributed by atoms with Crippen LogP contribution in [-0.2, 0) is 4.79 Å². The fourth-order valence-electron chi connectivity index (χ4n) is 3.52. The Morgan fingerprint density at radius 1 is 1.14 bits per heavy atom. The predicted molar refractivity (Wildman–Crippen MR) is 108 cm³/mol. The van der Waals surface area contributed by atoms with Crippen molar-refractivity contribution in [3.05, 3.63) is 95.4 Å². The van der Waals surface area contributed by atoms with E-state index in [0.29, 0.717) is 17.2 Å². The average Bonchev–Trinajstić information content (AvgIpc) is 3.36. The van der Waals surface area contributed by atoms with E-state index in [1.165, 1.54) is 17.2 Å². The normalized spacial score (nSPS) is 16.7. The Morgan fingerprint density at radius 2 is 1.90 bits per heavy atom. The van der Waals surface area contributed by atoms with E-state index < -0.39 is 23.5 Å². The van der Waals surface area contributed by atoms with Gasteiger partial charge in [-0.05, 0) is 47.4 Å². The molecule has 2 aromatic heterocycles. The van der Waals surface area contributed by atoms with E-state index in [-0.39, 0.29) is 11.3 Å². The molecule has 0 aliphatic carbocycles. The molecule has 1 amide bonds. The maximum Gasteiger partial charge on any atom is 0.294 e. The second kappa shape index (κ2) is 7.39. The number of pyridine rings is 1. The molecule has 29 heavy (non-hydrogen) atoms. The minimum Gasteiger partial charge on any atom is -0.503 e. The molecule has 1 N–H and O–H groups in total. The number of benzene rings is 1. The van der Waals surface area contributed by atoms with Gasteiger partial charge in [-0.15, -0.1) is 0 Å². The zero-order chi connectivity index (χ0) is 20.5. The third kappa shape index (κ3) is 3.23. The Morgan fingerprint density at radius 3 is 2.48 bits per heavy atom. The maximum absolute atomic E-state index is 13.1. The fraction of sp³-hybridized carbons (Fsp3) is 0.174. The van der Waals surface area contributed by atoms with Gasteiger partial charge in [0.2, 0.25) is 5.78 Å². The van der Waals surface area contributed by atoms with Gasteiger partial charge in [-0.1, -0.05) is 32.0 Å². The molecule has 0 fully saturated rings. The van der Waals surface area contributed by atoms with Gasteiger partial charge in [0.25, 0.3) is 5.91 Å².